The number of benzene rings is 3. The molecule has 1 fully saturated rings. The molecule has 5 rings (SSSR count). The number of aliphatic imine (C=N–C) groups is 1. The number of piperazine rings is 1. The number of hydrogen-bond donors (Lipinski definition) is 1. The van der Waals surface area contributed by atoms with E-state index in [2.05, 4.69) is 5.32 Å². The Kier molecular flexibility index (Phi) is 11.5. The second-order valence-corrected chi connectivity index (χ2v) is 14.2. The highest BCUT2D eigenvalue weighted by Gasteiger charge is 2.45. The summed E-state index contributed by atoms with van der Waals surface area (Å²) in [5, 5.41) is 3.68. The maximum absolute atomic E-state index is 14.8. The van der Waals surface area contributed by atoms with Crippen LogP contribution in [0.5, 0.6) is 11.5 Å². The number of halogens is 2. The summed E-state index contributed by atoms with van der Waals surface area (Å²) in [7, 11) is 1.59. The second kappa shape index (κ2) is 15.6. The van der Waals surface area contributed by atoms with Crippen molar-refractivity contribution in [3.05, 3.63) is 93.5 Å². The van der Waals surface area contributed by atoms with Gasteiger partial charge in [-0.2, -0.15) is 0 Å². The minimum absolute atomic E-state index is 0.165. The molecule has 11 nitrogen and oxygen atoms in total. The van der Waals surface area contributed by atoms with E-state index < -0.39 is 23.8 Å². The first kappa shape index (κ1) is 36.8. The van der Waals surface area contributed by atoms with Crippen LogP contribution in [0.25, 0.3) is 0 Å². The highest BCUT2D eigenvalue weighted by atomic mass is 35.5. The number of amides is 4. The lowest BCUT2D eigenvalue weighted by molar-refractivity contribution is -0.131. The molecule has 4 amide bonds. The summed E-state index contributed by atoms with van der Waals surface area (Å²) >= 11 is 12.6. The van der Waals surface area contributed by atoms with E-state index in [1.165, 1.54) is 0 Å². The van der Waals surface area contributed by atoms with E-state index >= 15 is 0 Å². The fourth-order valence-electron chi connectivity index (χ4n) is 5.89. The fraction of sp³-hybridized carbons (Fsp3) is 0.405. The molecule has 0 aliphatic carbocycles. The van der Waals surface area contributed by atoms with Gasteiger partial charge >= 0.3 is 12.1 Å². The van der Waals surface area contributed by atoms with Crippen molar-refractivity contribution in [2.24, 2.45) is 4.99 Å². The van der Waals surface area contributed by atoms with E-state index in [0.29, 0.717) is 32.9 Å². The quantitative estimate of drug-likeness (QED) is 0.265. The Morgan fingerprint density at radius 1 is 0.880 bits per heavy atom. The van der Waals surface area contributed by atoms with Gasteiger partial charge in [0.15, 0.2) is 0 Å². The minimum atomic E-state index is -0.680. The van der Waals surface area contributed by atoms with Crippen LogP contribution < -0.4 is 14.8 Å². The molecule has 2 unspecified atom stereocenters. The van der Waals surface area contributed by atoms with E-state index in [1.807, 2.05) is 62.4 Å². The lowest BCUT2D eigenvalue weighted by atomic mass is 9.93. The maximum Gasteiger partial charge on any atom is 0.408 e. The monoisotopic (exact) mass is 723 g/mol. The number of hydrogen-bond acceptors (Lipinski definition) is 7. The third-order valence-corrected chi connectivity index (χ3v) is 8.68. The van der Waals surface area contributed by atoms with Gasteiger partial charge in [0.05, 0.1) is 24.8 Å². The number of amidine groups is 1. The van der Waals surface area contributed by atoms with Crippen LogP contribution in [0.2, 0.25) is 10.0 Å². The van der Waals surface area contributed by atoms with E-state index in [-0.39, 0.29) is 50.8 Å². The van der Waals surface area contributed by atoms with Crippen molar-refractivity contribution >= 4 is 47.1 Å². The van der Waals surface area contributed by atoms with E-state index in [4.69, 9.17) is 42.4 Å². The number of rotatable bonds is 8. The van der Waals surface area contributed by atoms with Gasteiger partial charge in [-0.25, -0.2) is 9.59 Å². The van der Waals surface area contributed by atoms with Gasteiger partial charge in [-0.15, -0.1) is 0 Å². The summed E-state index contributed by atoms with van der Waals surface area (Å²) in [6.45, 7) is 10.0. The number of methoxy groups -OCH3 is 1. The predicted molar refractivity (Wildman–Crippen MR) is 193 cm³/mol. The average Bonchev–Trinajstić information content (AvgIpc) is 3.46. The first-order valence-electron chi connectivity index (χ1n) is 16.5. The van der Waals surface area contributed by atoms with Gasteiger partial charge in [0.25, 0.3) is 0 Å². The van der Waals surface area contributed by atoms with Crippen LogP contribution in [-0.2, 0) is 9.53 Å². The Bertz CT molecular complexity index is 1720. The number of ether oxygens (including phenoxy) is 3. The van der Waals surface area contributed by atoms with Crippen LogP contribution in [0, 0.1) is 0 Å². The van der Waals surface area contributed by atoms with E-state index in [9.17, 15) is 14.4 Å². The van der Waals surface area contributed by atoms with Gasteiger partial charge in [-0.05, 0) is 82.1 Å². The average molecular weight is 725 g/mol. The van der Waals surface area contributed by atoms with Crippen LogP contribution >= 0.6 is 23.2 Å². The van der Waals surface area contributed by atoms with Crippen molar-refractivity contribution in [3.8, 4) is 11.5 Å². The molecular formula is C37H43Cl2N5O6. The molecule has 3 aromatic rings. The maximum atomic E-state index is 14.8. The zero-order chi connectivity index (χ0) is 36.2. The summed E-state index contributed by atoms with van der Waals surface area (Å²) in [5.41, 5.74) is 1.66. The number of nitrogens with zero attached hydrogens (tertiary/aromatic N) is 4. The molecule has 266 valence electrons. The standard InChI is InChI=1S/C37H43Cl2N5O6/c1-23(2)49-30-21-28(48-6)15-16-29(30)34-41-32(24-7-11-26(38)12-8-24)33(25-9-13-27(39)14-10-25)44(34)36(47)43-19-17-42(18-20-43)31(45)22-40-35(46)50-37(3,4)5/h7-16,21,23,32-33H,17-20,22H2,1-6H3,(H,40,46). The molecule has 0 aromatic heterocycles. The number of urea groups is 1. The molecular weight excluding hydrogens is 681 g/mol. The molecule has 2 heterocycles. The van der Waals surface area contributed by atoms with Crippen LogP contribution in [0.1, 0.15) is 63.4 Å². The number of alkyl carbamates (subject to hydrolysis) is 1. The second-order valence-electron chi connectivity index (χ2n) is 13.4. The van der Waals surface area contributed by atoms with Gasteiger partial charge < -0.3 is 29.3 Å². The van der Waals surface area contributed by atoms with Crippen molar-refractivity contribution in [3.63, 3.8) is 0 Å². The van der Waals surface area contributed by atoms with Gasteiger partial charge in [0.2, 0.25) is 5.91 Å². The zero-order valence-electron chi connectivity index (χ0n) is 29.1. The van der Waals surface area contributed by atoms with Crippen LogP contribution in [0.4, 0.5) is 9.59 Å². The number of nitrogens with one attached hydrogen (secondary N) is 1. The predicted octanol–water partition coefficient (Wildman–Crippen LogP) is 7.12. The smallest absolute Gasteiger partial charge is 0.408 e. The molecule has 0 radical (unpaired) electrons. The normalized spacial score (nSPS) is 17.8. The highest BCUT2D eigenvalue weighted by molar-refractivity contribution is 6.30. The molecule has 2 atom stereocenters. The third kappa shape index (κ3) is 8.81. The fourth-order valence-corrected chi connectivity index (χ4v) is 6.15. The molecule has 0 saturated carbocycles. The SMILES string of the molecule is COc1ccc(C2=NC(c3ccc(Cl)cc3)C(c3ccc(Cl)cc3)N2C(=O)N2CCN(C(=O)CNC(=O)OC(C)(C)C)CC2)c(OC(C)C)c1. The molecule has 1 saturated heterocycles. The van der Waals surface area contributed by atoms with Crippen molar-refractivity contribution in [2.45, 2.75) is 58.4 Å². The topological polar surface area (TPSA) is 113 Å². The van der Waals surface area contributed by atoms with Gasteiger partial charge in [-0.3, -0.25) is 14.7 Å². The summed E-state index contributed by atoms with van der Waals surface area (Å²) in [4.78, 5) is 50.2. The van der Waals surface area contributed by atoms with Gasteiger partial charge in [0, 0.05) is 42.3 Å². The summed E-state index contributed by atoms with van der Waals surface area (Å²) in [6, 6.07) is 19.0. The lowest BCUT2D eigenvalue weighted by Gasteiger charge is -2.39. The Hall–Kier alpha value is -4.48. The first-order chi connectivity index (χ1) is 23.7. The molecule has 13 heteroatoms. The Balaban J connectivity index is 1.49. The Morgan fingerprint density at radius 2 is 1.46 bits per heavy atom. The summed E-state index contributed by atoms with van der Waals surface area (Å²) < 4.78 is 17.0. The van der Waals surface area contributed by atoms with Crippen molar-refractivity contribution < 1.29 is 28.6 Å². The highest BCUT2D eigenvalue weighted by Crippen LogP contribution is 2.46. The Labute approximate surface area is 303 Å². The van der Waals surface area contributed by atoms with Crippen molar-refractivity contribution in [1.82, 2.24) is 20.0 Å². The first-order valence-corrected chi connectivity index (χ1v) is 17.3. The summed E-state index contributed by atoms with van der Waals surface area (Å²) in [5.74, 6) is 1.30. The van der Waals surface area contributed by atoms with Gasteiger partial charge in [0.1, 0.15) is 35.5 Å². The molecule has 50 heavy (non-hydrogen) atoms. The lowest BCUT2D eigenvalue weighted by Crippen LogP contribution is -2.56. The van der Waals surface area contributed by atoms with Crippen molar-refractivity contribution in [2.75, 3.05) is 39.8 Å². The number of carbonyl (C=O) groups excluding carboxylic acids is 3. The number of carbonyl (C=O) groups is 3. The molecule has 2 aliphatic rings. The van der Waals surface area contributed by atoms with Crippen LogP contribution in [0.3, 0.4) is 0 Å². The summed E-state index contributed by atoms with van der Waals surface area (Å²) in [6.07, 6.45) is -0.829. The molecule has 0 spiro atoms. The minimum Gasteiger partial charge on any atom is -0.497 e. The zero-order valence-corrected chi connectivity index (χ0v) is 30.6. The van der Waals surface area contributed by atoms with Gasteiger partial charge in [-0.1, -0.05) is 47.5 Å². The van der Waals surface area contributed by atoms with E-state index in [1.54, 1.807) is 60.8 Å². The molecule has 0 bridgehead atoms. The van der Waals surface area contributed by atoms with E-state index in [0.717, 1.165) is 11.1 Å². The molecule has 3 aromatic carbocycles. The largest absolute Gasteiger partial charge is 0.497 e. The van der Waals surface area contributed by atoms with Crippen LogP contribution in [0.15, 0.2) is 71.7 Å². The Morgan fingerprint density at radius 3 is 2.02 bits per heavy atom. The molecule has 1 N–H and O–H groups in total. The van der Waals surface area contributed by atoms with Crippen LogP contribution in [-0.4, -0.2) is 90.1 Å². The third-order valence-electron chi connectivity index (χ3n) is 8.17. The van der Waals surface area contributed by atoms with Crippen molar-refractivity contribution in [1.29, 1.82) is 0 Å². The molecule has 2 aliphatic heterocycles.